The Kier molecular flexibility index (Phi) is 5.86. The number of aromatic nitrogens is 1. The zero-order valence-electron chi connectivity index (χ0n) is 25.2. The molecule has 9 rings (SSSR count). The van der Waals surface area contributed by atoms with Crippen molar-refractivity contribution in [3.63, 3.8) is 0 Å². The summed E-state index contributed by atoms with van der Waals surface area (Å²) in [6.45, 7) is 0. The Balaban J connectivity index is 0.964. The fraction of sp³-hybridized carbons (Fsp3) is 0.0455. The Morgan fingerprint density at radius 3 is 1.84 bits per heavy atom. The van der Waals surface area contributed by atoms with Crippen LogP contribution in [0.3, 0.4) is 0 Å². The van der Waals surface area contributed by atoms with Gasteiger partial charge in [0.1, 0.15) is 0 Å². The van der Waals surface area contributed by atoms with Crippen molar-refractivity contribution in [2.75, 3.05) is 0 Å². The van der Waals surface area contributed by atoms with E-state index in [1.165, 1.54) is 87.9 Å². The zero-order chi connectivity index (χ0) is 29.9. The third kappa shape index (κ3) is 4.48. The van der Waals surface area contributed by atoms with Crippen molar-refractivity contribution >= 4 is 67.2 Å². The predicted molar refractivity (Wildman–Crippen MR) is 194 cm³/mol. The lowest BCUT2D eigenvalue weighted by Gasteiger charge is -2.07. The van der Waals surface area contributed by atoms with Gasteiger partial charge in [-0.3, -0.25) is 0 Å². The molecule has 212 valence electrons. The number of hydrogen-bond acceptors (Lipinski definition) is 0. The Bertz CT molecular complexity index is 2520. The Morgan fingerprint density at radius 1 is 0.489 bits per heavy atom. The van der Waals surface area contributed by atoms with E-state index in [0.717, 1.165) is 6.42 Å². The smallest absolute Gasteiger partial charge is 0.0494 e. The second-order valence-electron chi connectivity index (χ2n) is 12.3. The van der Waals surface area contributed by atoms with Gasteiger partial charge in [-0.25, -0.2) is 0 Å². The molecule has 1 aromatic heterocycles. The van der Waals surface area contributed by atoms with Crippen LogP contribution in [-0.2, 0) is 13.5 Å². The van der Waals surface area contributed by atoms with E-state index in [-0.39, 0.29) is 0 Å². The molecule has 1 aliphatic carbocycles. The lowest BCUT2D eigenvalue weighted by Crippen LogP contribution is -1.87. The molecule has 1 nitrogen and oxygen atoms in total. The topological polar surface area (TPSA) is 4.93 Å². The molecule has 0 bridgehead atoms. The van der Waals surface area contributed by atoms with Gasteiger partial charge >= 0.3 is 0 Å². The molecule has 0 atom stereocenters. The second-order valence-corrected chi connectivity index (χ2v) is 12.3. The molecule has 45 heavy (non-hydrogen) atoms. The Labute approximate surface area is 263 Å². The van der Waals surface area contributed by atoms with Crippen LogP contribution in [0.15, 0.2) is 140 Å². The minimum atomic E-state index is 1.01. The number of nitrogens with zero attached hydrogens (tertiary/aromatic N) is 1. The average molecular weight is 574 g/mol. The van der Waals surface area contributed by atoms with Crippen molar-refractivity contribution in [2.45, 2.75) is 6.42 Å². The summed E-state index contributed by atoms with van der Waals surface area (Å²) >= 11 is 0. The molecule has 0 fully saturated rings. The molecule has 0 saturated carbocycles. The zero-order valence-corrected chi connectivity index (χ0v) is 25.2. The quantitative estimate of drug-likeness (QED) is 0.185. The van der Waals surface area contributed by atoms with Crippen LogP contribution in [-0.4, -0.2) is 4.57 Å². The second kappa shape index (κ2) is 10.2. The highest BCUT2D eigenvalue weighted by Gasteiger charge is 2.14. The minimum Gasteiger partial charge on any atom is -0.344 e. The Morgan fingerprint density at radius 2 is 1.07 bits per heavy atom. The first kappa shape index (κ1) is 25.8. The molecule has 0 aliphatic heterocycles. The van der Waals surface area contributed by atoms with Crippen LogP contribution in [0.4, 0.5) is 0 Å². The summed E-state index contributed by atoms with van der Waals surface area (Å²) in [6, 6.07) is 51.3. The van der Waals surface area contributed by atoms with E-state index in [1.54, 1.807) is 0 Å². The summed E-state index contributed by atoms with van der Waals surface area (Å²) in [5.41, 5.74) is 12.9. The fourth-order valence-corrected chi connectivity index (χ4v) is 7.11. The highest BCUT2D eigenvalue weighted by atomic mass is 14.9. The van der Waals surface area contributed by atoms with E-state index in [9.17, 15) is 0 Å². The van der Waals surface area contributed by atoms with Gasteiger partial charge in [-0.15, -0.1) is 0 Å². The van der Waals surface area contributed by atoms with Gasteiger partial charge in [-0.2, -0.15) is 0 Å². The van der Waals surface area contributed by atoms with Gasteiger partial charge in [0, 0.05) is 28.9 Å². The number of fused-ring (bicyclic) bond motifs is 6. The number of allylic oxidation sites excluding steroid dienone is 1. The van der Waals surface area contributed by atoms with E-state index in [4.69, 9.17) is 0 Å². The minimum absolute atomic E-state index is 1.01. The summed E-state index contributed by atoms with van der Waals surface area (Å²) in [7, 11) is 2.16. The van der Waals surface area contributed by atoms with Gasteiger partial charge in [0.2, 0.25) is 0 Å². The summed E-state index contributed by atoms with van der Waals surface area (Å²) in [5.74, 6) is 0. The van der Waals surface area contributed by atoms with Crippen LogP contribution in [0.25, 0.3) is 78.3 Å². The van der Waals surface area contributed by atoms with E-state index < -0.39 is 0 Å². The van der Waals surface area contributed by atoms with Gasteiger partial charge in [0.25, 0.3) is 0 Å². The number of hydrogen-bond donors (Lipinski definition) is 0. The molecule has 7 aromatic carbocycles. The third-order valence-electron chi connectivity index (χ3n) is 9.58. The normalized spacial score (nSPS) is 13.0. The number of rotatable bonds is 4. The Hall–Kier alpha value is -5.66. The maximum Gasteiger partial charge on any atom is 0.0494 e. The van der Waals surface area contributed by atoms with Crippen molar-refractivity contribution < 1.29 is 0 Å². The molecule has 8 aromatic rings. The highest BCUT2D eigenvalue weighted by molar-refractivity contribution is 6.09. The van der Waals surface area contributed by atoms with E-state index in [0.29, 0.717) is 0 Å². The van der Waals surface area contributed by atoms with Gasteiger partial charge in [0.15, 0.2) is 0 Å². The molecular weight excluding hydrogens is 542 g/mol. The molecule has 1 heteroatoms. The van der Waals surface area contributed by atoms with Crippen molar-refractivity contribution in [1.82, 2.24) is 4.57 Å². The maximum absolute atomic E-state index is 2.34. The van der Waals surface area contributed by atoms with Crippen LogP contribution in [0.2, 0.25) is 0 Å². The fourth-order valence-electron chi connectivity index (χ4n) is 7.11. The van der Waals surface area contributed by atoms with Gasteiger partial charge in [0.05, 0.1) is 0 Å². The monoisotopic (exact) mass is 573 g/mol. The molecule has 0 amide bonds. The molecule has 1 aliphatic rings. The first-order valence-corrected chi connectivity index (χ1v) is 15.7. The van der Waals surface area contributed by atoms with Crippen LogP contribution >= 0.6 is 0 Å². The standard InChI is InChI=1S/C44H31N/c1-45-43-9-5-4-8-41(43)42-21-20-39(28-44(42)45)37-18-16-33-22-29(12-14-35(33)24-37)10-11-30-13-15-36-25-38(19-17-34(36)23-30)40-26-31-6-2-3-7-32(31)27-40/h2-26,28H,27H2,1H3. The summed E-state index contributed by atoms with van der Waals surface area (Å²) < 4.78 is 2.30. The summed E-state index contributed by atoms with van der Waals surface area (Å²) in [4.78, 5) is 0. The molecule has 0 N–H and O–H groups in total. The molecule has 0 spiro atoms. The first-order chi connectivity index (χ1) is 22.2. The van der Waals surface area contributed by atoms with Crippen LogP contribution in [0.5, 0.6) is 0 Å². The van der Waals surface area contributed by atoms with Gasteiger partial charge in [-0.05, 0) is 109 Å². The van der Waals surface area contributed by atoms with Crippen molar-refractivity contribution in [3.8, 4) is 11.1 Å². The van der Waals surface area contributed by atoms with Crippen molar-refractivity contribution in [3.05, 3.63) is 167 Å². The van der Waals surface area contributed by atoms with E-state index >= 15 is 0 Å². The SMILES string of the molecule is Cn1c2ccccc2c2ccc(-c3ccc4cc(C=Cc5ccc6cc(C7=Cc8ccccc8C7)ccc6c5)ccc4c3)cc21. The predicted octanol–water partition coefficient (Wildman–Crippen LogP) is 11.6. The van der Waals surface area contributed by atoms with E-state index in [2.05, 4.69) is 169 Å². The van der Waals surface area contributed by atoms with Crippen molar-refractivity contribution in [1.29, 1.82) is 0 Å². The largest absolute Gasteiger partial charge is 0.344 e. The first-order valence-electron chi connectivity index (χ1n) is 15.7. The molecule has 0 radical (unpaired) electrons. The van der Waals surface area contributed by atoms with Crippen LogP contribution in [0, 0.1) is 0 Å². The maximum atomic E-state index is 2.34. The lowest BCUT2D eigenvalue weighted by molar-refractivity contribution is 1.01. The molecule has 0 saturated heterocycles. The third-order valence-corrected chi connectivity index (χ3v) is 9.58. The van der Waals surface area contributed by atoms with Crippen LogP contribution < -0.4 is 0 Å². The number of para-hydroxylation sites is 1. The van der Waals surface area contributed by atoms with Crippen molar-refractivity contribution in [2.24, 2.45) is 7.05 Å². The van der Waals surface area contributed by atoms with Gasteiger partial charge in [-0.1, -0.05) is 121 Å². The number of aryl methyl sites for hydroxylation is 1. The molecular formula is C44H31N. The van der Waals surface area contributed by atoms with Crippen LogP contribution in [0.1, 0.15) is 27.8 Å². The van der Waals surface area contributed by atoms with Gasteiger partial charge < -0.3 is 4.57 Å². The summed E-state index contributed by atoms with van der Waals surface area (Å²) in [6.07, 6.45) is 7.79. The molecule has 1 heterocycles. The lowest BCUT2D eigenvalue weighted by atomic mass is 9.98. The molecule has 0 unspecified atom stereocenters. The number of benzene rings is 7. The summed E-state index contributed by atoms with van der Waals surface area (Å²) in [5, 5.41) is 7.66. The average Bonchev–Trinajstić information content (AvgIpc) is 3.66. The highest BCUT2D eigenvalue weighted by Crippen LogP contribution is 2.34. The van der Waals surface area contributed by atoms with E-state index in [1.807, 2.05) is 0 Å².